The van der Waals surface area contributed by atoms with Crippen LogP contribution in [-0.2, 0) is 4.79 Å². The Hall–Kier alpha value is -2.92. The second-order valence-corrected chi connectivity index (χ2v) is 8.69. The molecule has 1 aliphatic rings. The van der Waals surface area contributed by atoms with Crippen LogP contribution in [0.5, 0.6) is 0 Å². The van der Waals surface area contributed by atoms with E-state index in [1.165, 1.54) is 5.56 Å². The smallest absolute Gasteiger partial charge is 0.303 e. The van der Waals surface area contributed by atoms with E-state index in [0.29, 0.717) is 23.3 Å². The highest BCUT2D eigenvalue weighted by atomic mass is 35.5. The maximum Gasteiger partial charge on any atom is 0.303 e. The van der Waals surface area contributed by atoms with Crippen molar-refractivity contribution in [2.75, 3.05) is 11.9 Å². The third-order valence-corrected chi connectivity index (χ3v) is 6.41. The Morgan fingerprint density at radius 1 is 1.03 bits per heavy atom. The summed E-state index contributed by atoms with van der Waals surface area (Å²) in [7, 11) is 1.94. The molecular weight excluding hydrogens is 410 g/mol. The first-order chi connectivity index (χ1) is 15.0. The number of hydrogen-bond donors (Lipinski definition) is 1. The zero-order valence-electron chi connectivity index (χ0n) is 17.5. The maximum absolute atomic E-state index is 10.9. The van der Waals surface area contributed by atoms with Crippen molar-refractivity contribution >= 4 is 29.1 Å². The second-order valence-electron chi connectivity index (χ2n) is 8.25. The molecule has 0 atom stereocenters. The Morgan fingerprint density at radius 2 is 1.77 bits per heavy atom. The van der Waals surface area contributed by atoms with Gasteiger partial charge < -0.3 is 10.0 Å². The fourth-order valence-electron chi connectivity index (χ4n) is 4.35. The summed E-state index contributed by atoms with van der Waals surface area (Å²) in [5.41, 5.74) is 4.15. The molecule has 0 spiro atoms. The lowest BCUT2D eigenvalue weighted by Crippen LogP contribution is -2.16. The van der Waals surface area contributed by atoms with Gasteiger partial charge in [-0.2, -0.15) is 0 Å². The van der Waals surface area contributed by atoms with Gasteiger partial charge in [-0.05, 0) is 73.4 Å². The first-order valence-electron chi connectivity index (χ1n) is 10.6. The van der Waals surface area contributed by atoms with E-state index in [-0.39, 0.29) is 0 Å². The number of hydrogen-bond acceptors (Lipinski definition) is 4. The fourth-order valence-corrected chi connectivity index (χ4v) is 4.53. The lowest BCUT2D eigenvalue weighted by atomic mass is 9.77. The van der Waals surface area contributed by atoms with Gasteiger partial charge in [0.05, 0.1) is 5.69 Å². The van der Waals surface area contributed by atoms with Crippen LogP contribution in [0.4, 0.5) is 11.5 Å². The van der Waals surface area contributed by atoms with E-state index < -0.39 is 5.97 Å². The number of rotatable bonds is 6. The first kappa shape index (κ1) is 21.3. The molecule has 31 heavy (non-hydrogen) atoms. The number of benzene rings is 2. The highest BCUT2D eigenvalue weighted by Crippen LogP contribution is 2.37. The van der Waals surface area contributed by atoms with E-state index >= 15 is 0 Å². The first-order valence-corrected chi connectivity index (χ1v) is 11.0. The average Bonchev–Trinajstić information content (AvgIpc) is 2.79. The zero-order valence-corrected chi connectivity index (χ0v) is 18.3. The minimum absolute atomic E-state index is 0.298. The Balaban J connectivity index is 1.41. The van der Waals surface area contributed by atoms with Crippen LogP contribution in [-0.4, -0.2) is 28.3 Å². The van der Waals surface area contributed by atoms with E-state index in [0.717, 1.165) is 48.4 Å². The van der Waals surface area contributed by atoms with Gasteiger partial charge in [0, 0.05) is 29.7 Å². The van der Waals surface area contributed by atoms with Crippen molar-refractivity contribution in [3.8, 4) is 11.3 Å². The minimum atomic E-state index is -0.682. The number of carboxylic acid groups (broad SMARTS) is 1. The molecule has 1 N–H and O–H groups in total. The van der Waals surface area contributed by atoms with Crippen LogP contribution in [0.2, 0.25) is 5.02 Å². The largest absolute Gasteiger partial charge is 0.481 e. The number of aliphatic carboxylic acids is 1. The molecule has 4 rings (SSSR count). The molecule has 1 saturated carbocycles. The molecule has 0 radical (unpaired) electrons. The Bertz CT molecular complexity index is 1030. The lowest BCUT2D eigenvalue weighted by molar-refractivity contribution is -0.138. The summed E-state index contributed by atoms with van der Waals surface area (Å²) in [4.78, 5) is 12.9. The molecule has 0 aliphatic heterocycles. The average molecular weight is 436 g/mol. The molecule has 0 unspecified atom stereocenters. The highest BCUT2D eigenvalue weighted by Gasteiger charge is 2.24. The van der Waals surface area contributed by atoms with Crippen LogP contribution in [0.25, 0.3) is 11.3 Å². The van der Waals surface area contributed by atoms with Gasteiger partial charge in [0.15, 0.2) is 5.82 Å². The van der Waals surface area contributed by atoms with Crippen LogP contribution in [0.3, 0.4) is 0 Å². The zero-order chi connectivity index (χ0) is 21.8. The van der Waals surface area contributed by atoms with Crippen LogP contribution >= 0.6 is 11.6 Å². The summed E-state index contributed by atoms with van der Waals surface area (Å²) < 4.78 is 0. The maximum atomic E-state index is 10.9. The Morgan fingerprint density at radius 3 is 2.39 bits per heavy atom. The van der Waals surface area contributed by atoms with Crippen molar-refractivity contribution in [2.24, 2.45) is 5.92 Å². The van der Waals surface area contributed by atoms with Crippen LogP contribution in [0.15, 0.2) is 60.7 Å². The van der Waals surface area contributed by atoms with Crippen molar-refractivity contribution in [1.29, 1.82) is 0 Å². The predicted molar refractivity (Wildman–Crippen MR) is 124 cm³/mol. The number of carboxylic acids is 1. The predicted octanol–water partition coefficient (Wildman–Crippen LogP) is 6.31. The van der Waals surface area contributed by atoms with Gasteiger partial charge in [-0.3, -0.25) is 4.79 Å². The highest BCUT2D eigenvalue weighted by molar-refractivity contribution is 6.30. The van der Waals surface area contributed by atoms with Crippen LogP contribution in [0, 0.1) is 5.92 Å². The summed E-state index contributed by atoms with van der Waals surface area (Å²) in [5.74, 6) is 0.908. The summed E-state index contributed by atoms with van der Waals surface area (Å²) in [6, 6.07) is 20.1. The molecule has 0 bridgehead atoms. The molecule has 1 aromatic heterocycles. The van der Waals surface area contributed by atoms with E-state index in [1.54, 1.807) is 0 Å². The van der Waals surface area contributed by atoms with E-state index in [1.807, 2.05) is 48.3 Å². The topological polar surface area (TPSA) is 66.3 Å². The number of halogens is 1. The van der Waals surface area contributed by atoms with Crippen molar-refractivity contribution in [3.05, 3.63) is 71.2 Å². The van der Waals surface area contributed by atoms with Crippen LogP contribution in [0.1, 0.15) is 43.6 Å². The molecule has 0 amide bonds. The Labute approximate surface area is 187 Å². The van der Waals surface area contributed by atoms with Crippen LogP contribution < -0.4 is 4.90 Å². The molecule has 6 heteroatoms. The standard InChI is InChI=1S/C25H26ClN3O2/c1-29(22-4-2-3-21(26)16-22)24-14-13-23(27-28-24)20-11-9-19(10-12-20)18-7-5-17(6-8-18)15-25(30)31/h2-4,9-14,16-18H,5-8,15H2,1H3,(H,30,31). The Kier molecular flexibility index (Phi) is 6.52. The summed E-state index contributed by atoms with van der Waals surface area (Å²) in [6.07, 6.45) is 4.40. The third-order valence-electron chi connectivity index (χ3n) is 6.18. The van der Waals surface area contributed by atoms with Crippen molar-refractivity contribution in [2.45, 2.75) is 38.0 Å². The molecule has 5 nitrogen and oxygen atoms in total. The van der Waals surface area contributed by atoms with E-state index in [4.69, 9.17) is 16.7 Å². The van der Waals surface area contributed by atoms with Gasteiger partial charge in [-0.25, -0.2) is 0 Å². The number of aromatic nitrogens is 2. The number of anilines is 2. The summed E-state index contributed by atoms with van der Waals surface area (Å²) in [6.45, 7) is 0. The number of carbonyl (C=O) groups is 1. The molecule has 1 fully saturated rings. The number of nitrogens with zero attached hydrogens (tertiary/aromatic N) is 3. The van der Waals surface area contributed by atoms with Crippen molar-refractivity contribution < 1.29 is 9.90 Å². The van der Waals surface area contributed by atoms with Gasteiger partial charge in [-0.15, -0.1) is 10.2 Å². The molecule has 3 aromatic rings. The summed E-state index contributed by atoms with van der Waals surface area (Å²) >= 11 is 6.09. The van der Waals surface area contributed by atoms with Gasteiger partial charge in [-0.1, -0.05) is 41.9 Å². The molecule has 0 saturated heterocycles. The lowest BCUT2D eigenvalue weighted by Gasteiger charge is -2.28. The monoisotopic (exact) mass is 435 g/mol. The van der Waals surface area contributed by atoms with Gasteiger partial charge in [0.2, 0.25) is 0 Å². The summed E-state index contributed by atoms with van der Waals surface area (Å²) in [5, 5.41) is 18.5. The van der Waals surface area contributed by atoms with Crippen molar-refractivity contribution in [3.63, 3.8) is 0 Å². The van der Waals surface area contributed by atoms with Gasteiger partial charge >= 0.3 is 5.97 Å². The van der Waals surface area contributed by atoms with E-state index in [9.17, 15) is 4.79 Å². The molecule has 160 valence electrons. The fraction of sp³-hybridized carbons (Fsp3) is 0.320. The van der Waals surface area contributed by atoms with E-state index in [2.05, 4.69) is 34.5 Å². The molecule has 2 aromatic carbocycles. The van der Waals surface area contributed by atoms with Crippen molar-refractivity contribution in [1.82, 2.24) is 10.2 Å². The minimum Gasteiger partial charge on any atom is -0.481 e. The molecule has 1 aliphatic carbocycles. The van der Waals surface area contributed by atoms with Gasteiger partial charge in [0.1, 0.15) is 0 Å². The SMILES string of the molecule is CN(c1cccc(Cl)c1)c1ccc(-c2ccc(C3CCC(CC(=O)O)CC3)cc2)nn1. The third kappa shape index (κ3) is 5.23. The second kappa shape index (κ2) is 9.48. The normalized spacial score (nSPS) is 18.5. The quantitative estimate of drug-likeness (QED) is 0.491. The molecule has 1 heterocycles. The van der Waals surface area contributed by atoms with Gasteiger partial charge in [0.25, 0.3) is 0 Å². The molecular formula is C25H26ClN3O2.